The molecule has 1 N–H and O–H groups in total. The van der Waals surface area contributed by atoms with Crippen molar-refractivity contribution in [2.75, 3.05) is 0 Å². The van der Waals surface area contributed by atoms with E-state index < -0.39 is 0 Å². The van der Waals surface area contributed by atoms with E-state index in [4.69, 9.17) is 0 Å². The third-order valence-electron chi connectivity index (χ3n) is 7.82. The highest BCUT2D eigenvalue weighted by atomic mass is 16.2. The van der Waals surface area contributed by atoms with Crippen molar-refractivity contribution in [3.05, 3.63) is 127 Å². The molecule has 1 aliphatic heterocycles. The summed E-state index contributed by atoms with van der Waals surface area (Å²) in [6.07, 6.45) is 0.600. The van der Waals surface area contributed by atoms with Crippen LogP contribution < -0.4 is 5.43 Å². The number of benzene rings is 4. The third kappa shape index (κ3) is 3.13. The highest BCUT2D eigenvalue weighted by Gasteiger charge is 2.35. The smallest absolute Gasteiger partial charge is 0.261 e. The summed E-state index contributed by atoms with van der Waals surface area (Å²) in [4.78, 5) is 57.3. The molecule has 1 aliphatic carbocycles. The van der Waals surface area contributed by atoms with E-state index in [0.717, 1.165) is 27.8 Å². The summed E-state index contributed by atoms with van der Waals surface area (Å²) in [7, 11) is 0. The van der Waals surface area contributed by atoms with Gasteiger partial charge in [0.05, 0.1) is 28.7 Å². The maximum atomic E-state index is 13.6. The van der Waals surface area contributed by atoms with Crippen LogP contribution in [0.25, 0.3) is 21.8 Å². The summed E-state index contributed by atoms with van der Waals surface area (Å²) < 4.78 is 0. The van der Waals surface area contributed by atoms with Crippen molar-refractivity contribution in [3.8, 4) is 0 Å². The molecule has 38 heavy (non-hydrogen) atoms. The lowest BCUT2D eigenvalue weighted by Gasteiger charge is -2.20. The molecule has 0 saturated carbocycles. The second-order valence-corrected chi connectivity index (χ2v) is 10.2. The van der Waals surface area contributed by atoms with Crippen molar-refractivity contribution >= 4 is 39.4 Å². The molecule has 0 spiro atoms. The SMILES string of the molecule is Cc1ccc2c(c1)C(=O)c1cc3[nH]c4cc(CN5C(=O)c6ccccc6C5=O)c(C)cc4c(=O)c3cc1C2. The first-order chi connectivity index (χ1) is 18.3. The normalized spacial score (nSPS) is 14.3. The zero-order valence-electron chi connectivity index (χ0n) is 20.8. The van der Waals surface area contributed by atoms with Crippen molar-refractivity contribution in [2.24, 2.45) is 0 Å². The number of aromatic amines is 1. The van der Waals surface area contributed by atoms with Gasteiger partial charge in [0.1, 0.15) is 0 Å². The second kappa shape index (κ2) is 7.83. The molecule has 0 saturated heterocycles. The maximum Gasteiger partial charge on any atom is 0.261 e. The Morgan fingerprint density at radius 2 is 1.37 bits per heavy atom. The van der Waals surface area contributed by atoms with Gasteiger partial charge in [-0.15, -0.1) is 0 Å². The number of carbonyl (C=O) groups is 3. The Morgan fingerprint density at radius 3 is 2.11 bits per heavy atom. The molecule has 0 bridgehead atoms. The molecule has 1 aromatic heterocycles. The molecule has 184 valence electrons. The first kappa shape index (κ1) is 22.4. The van der Waals surface area contributed by atoms with E-state index in [0.29, 0.717) is 50.5 Å². The van der Waals surface area contributed by atoms with Crippen LogP contribution in [0.5, 0.6) is 0 Å². The van der Waals surface area contributed by atoms with Crippen LogP contribution in [0.15, 0.2) is 71.5 Å². The number of carbonyl (C=O) groups excluding carboxylic acids is 3. The minimum Gasteiger partial charge on any atom is -0.354 e. The Hall–Kier alpha value is -4.84. The van der Waals surface area contributed by atoms with Crippen molar-refractivity contribution in [1.29, 1.82) is 0 Å². The second-order valence-electron chi connectivity index (χ2n) is 10.2. The van der Waals surface area contributed by atoms with Crippen LogP contribution in [0, 0.1) is 13.8 Å². The molecule has 2 heterocycles. The first-order valence-electron chi connectivity index (χ1n) is 12.5. The van der Waals surface area contributed by atoms with Gasteiger partial charge in [0.2, 0.25) is 0 Å². The predicted molar refractivity (Wildman–Crippen MR) is 145 cm³/mol. The number of nitrogens with one attached hydrogen (secondary N) is 1. The average molecular weight is 499 g/mol. The van der Waals surface area contributed by atoms with Crippen molar-refractivity contribution in [2.45, 2.75) is 26.8 Å². The van der Waals surface area contributed by atoms with Crippen LogP contribution in [-0.4, -0.2) is 27.5 Å². The number of pyridine rings is 1. The molecule has 2 aliphatic rings. The number of aryl methyl sites for hydroxylation is 2. The maximum absolute atomic E-state index is 13.6. The summed E-state index contributed by atoms with van der Waals surface area (Å²) in [5, 5.41) is 1.06. The number of hydrogen-bond acceptors (Lipinski definition) is 4. The Labute approximate surface area is 217 Å². The number of ketones is 1. The summed E-state index contributed by atoms with van der Waals surface area (Å²) in [5.74, 6) is -0.682. The van der Waals surface area contributed by atoms with E-state index in [1.807, 2.05) is 50.2 Å². The quantitative estimate of drug-likeness (QED) is 0.262. The van der Waals surface area contributed by atoms with Gasteiger partial charge in [0.25, 0.3) is 11.8 Å². The average Bonchev–Trinajstić information content (AvgIpc) is 3.15. The van der Waals surface area contributed by atoms with Gasteiger partial charge < -0.3 is 4.98 Å². The molecule has 0 radical (unpaired) electrons. The highest BCUT2D eigenvalue weighted by molar-refractivity contribution is 6.21. The van der Waals surface area contributed by atoms with E-state index in [-0.39, 0.29) is 29.6 Å². The molecule has 0 fully saturated rings. The van der Waals surface area contributed by atoms with Gasteiger partial charge in [-0.1, -0.05) is 29.8 Å². The minimum atomic E-state index is -0.322. The van der Waals surface area contributed by atoms with E-state index >= 15 is 0 Å². The molecular formula is C32H22N2O4. The van der Waals surface area contributed by atoms with Crippen LogP contribution in [0.2, 0.25) is 0 Å². The molecule has 5 aromatic rings. The first-order valence-corrected chi connectivity index (χ1v) is 12.5. The van der Waals surface area contributed by atoms with Crippen molar-refractivity contribution in [1.82, 2.24) is 9.88 Å². The number of hydrogen-bond donors (Lipinski definition) is 1. The lowest BCUT2D eigenvalue weighted by atomic mass is 9.83. The predicted octanol–water partition coefficient (Wildman–Crippen LogP) is 5.23. The van der Waals surface area contributed by atoms with Gasteiger partial charge in [-0.25, -0.2) is 0 Å². The highest BCUT2D eigenvalue weighted by Crippen LogP contribution is 2.31. The Balaban J connectivity index is 1.33. The van der Waals surface area contributed by atoms with Gasteiger partial charge in [-0.05, 0) is 85.0 Å². The fourth-order valence-electron chi connectivity index (χ4n) is 5.76. The van der Waals surface area contributed by atoms with Gasteiger partial charge in [-0.2, -0.15) is 0 Å². The number of aromatic nitrogens is 1. The van der Waals surface area contributed by atoms with Crippen LogP contribution in [0.1, 0.15) is 64.5 Å². The number of imide groups is 1. The largest absolute Gasteiger partial charge is 0.354 e. The summed E-state index contributed by atoms with van der Waals surface area (Å²) >= 11 is 0. The van der Waals surface area contributed by atoms with E-state index in [1.165, 1.54) is 4.90 Å². The lowest BCUT2D eigenvalue weighted by molar-refractivity contribution is 0.0642. The minimum absolute atomic E-state index is 0.0389. The van der Waals surface area contributed by atoms with Gasteiger partial charge in [-0.3, -0.25) is 24.1 Å². The van der Waals surface area contributed by atoms with Crippen LogP contribution in [0.3, 0.4) is 0 Å². The van der Waals surface area contributed by atoms with Crippen LogP contribution in [-0.2, 0) is 13.0 Å². The molecule has 0 atom stereocenters. The van der Waals surface area contributed by atoms with E-state index in [2.05, 4.69) is 4.98 Å². The van der Waals surface area contributed by atoms with Crippen molar-refractivity contribution in [3.63, 3.8) is 0 Å². The Morgan fingerprint density at radius 1 is 0.711 bits per heavy atom. The Kier molecular flexibility index (Phi) is 4.61. The number of rotatable bonds is 2. The third-order valence-corrected chi connectivity index (χ3v) is 7.82. The monoisotopic (exact) mass is 498 g/mol. The topological polar surface area (TPSA) is 87.3 Å². The lowest BCUT2D eigenvalue weighted by Crippen LogP contribution is -2.29. The van der Waals surface area contributed by atoms with E-state index in [9.17, 15) is 19.2 Å². The number of fused-ring (bicyclic) bond motifs is 5. The molecule has 7 rings (SSSR count). The summed E-state index contributed by atoms with van der Waals surface area (Å²) in [5.41, 5.74) is 7.61. The fourth-order valence-corrected chi connectivity index (χ4v) is 5.76. The molecular weight excluding hydrogens is 476 g/mol. The Bertz CT molecular complexity index is 1950. The standard InChI is InChI=1S/C32H22N2O4/c1-16-7-8-18-11-19-12-26-28(14-24(19)29(35)23(18)9-16)33-27-13-20(17(2)10-25(27)30(26)36)15-34-31(37)21-5-3-4-6-22(21)32(34)38/h3-10,12-14H,11,15H2,1-2H3,(H,33,36). The van der Waals surface area contributed by atoms with E-state index in [1.54, 1.807) is 30.3 Å². The number of nitrogens with zero attached hydrogens (tertiary/aromatic N) is 1. The molecule has 4 aromatic carbocycles. The number of amides is 2. The zero-order valence-corrected chi connectivity index (χ0v) is 20.8. The van der Waals surface area contributed by atoms with Gasteiger partial charge in [0, 0.05) is 21.9 Å². The van der Waals surface area contributed by atoms with Gasteiger partial charge >= 0.3 is 0 Å². The van der Waals surface area contributed by atoms with Crippen LogP contribution >= 0.6 is 0 Å². The molecule has 0 unspecified atom stereocenters. The van der Waals surface area contributed by atoms with Gasteiger partial charge in [0.15, 0.2) is 11.2 Å². The summed E-state index contributed by atoms with van der Waals surface area (Å²) in [6.45, 7) is 3.95. The van der Waals surface area contributed by atoms with Crippen molar-refractivity contribution < 1.29 is 14.4 Å². The molecule has 6 nitrogen and oxygen atoms in total. The number of H-pyrrole nitrogens is 1. The fraction of sp³-hybridized carbons (Fsp3) is 0.125. The zero-order chi connectivity index (χ0) is 26.3. The molecule has 2 amide bonds. The summed E-state index contributed by atoms with van der Waals surface area (Å²) in [6, 6.07) is 20.0. The van der Waals surface area contributed by atoms with Crippen LogP contribution in [0.4, 0.5) is 0 Å². The molecule has 6 heteroatoms.